The van der Waals surface area contributed by atoms with Crippen molar-refractivity contribution in [2.75, 3.05) is 26.3 Å². The molecule has 0 saturated carbocycles. The van der Waals surface area contributed by atoms with Crippen molar-refractivity contribution in [2.24, 2.45) is 7.05 Å². The lowest BCUT2D eigenvalue weighted by Crippen LogP contribution is -2.54. The van der Waals surface area contributed by atoms with Crippen molar-refractivity contribution in [3.8, 4) is 0 Å². The van der Waals surface area contributed by atoms with E-state index >= 15 is 0 Å². The fraction of sp³-hybridized carbons (Fsp3) is 0.786. The van der Waals surface area contributed by atoms with E-state index in [0.29, 0.717) is 32.8 Å². The summed E-state index contributed by atoms with van der Waals surface area (Å²) in [7, 11) is 1.83. The summed E-state index contributed by atoms with van der Waals surface area (Å²) in [5, 5.41) is 11.2. The second kappa shape index (κ2) is 7.06. The van der Waals surface area contributed by atoms with Crippen LogP contribution in [0.1, 0.15) is 26.5 Å². The number of rotatable bonds is 4. The van der Waals surface area contributed by atoms with Crippen LogP contribution >= 0.6 is 0 Å². The Morgan fingerprint density at radius 3 is 2.95 bits per heavy atom. The van der Waals surface area contributed by atoms with Crippen LogP contribution in [0.15, 0.2) is 6.20 Å². The third-order valence-corrected chi connectivity index (χ3v) is 3.19. The van der Waals surface area contributed by atoms with E-state index in [9.17, 15) is 4.79 Å². The first-order chi connectivity index (χ1) is 10.3. The standard InChI is InChI=1S/C14H25N5O3/c1-14(2,3)22-13(20)19-5-6-21-10-12(19)8-15-7-11-9-18(4)17-16-11/h9,12,15H,5-8,10H2,1-4H3. The minimum Gasteiger partial charge on any atom is -0.444 e. The number of hydrogen-bond acceptors (Lipinski definition) is 6. The Kier molecular flexibility index (Phi) is 5.36. The Morgan fingerprint density at radius 2 is 2.32 bits per heavy atom. The number of morpholine rings is 1. The highest BCUT2D eigenvalue weighted by molar-refractivity contribution is 5.68. The molecule has 1 unspecified atom stereocenters. The van der Waals surface area contributed by atoms with Crippen molar-refractivity contribution < 1.29 is 14.3 Å². The van der Waals surface area contributed by atoms with Crippen molar-refractivity contribution in [3.05, 3.63) is 11.9 Å². The summed E-state index contributed by atoms with van der Waals surface area (Å²) in [6.07, 6.45) is 1.57. The van der Waals surface area contributed by atoms with E-state index in [1.165, 1.54) is 0 Å². The van der Waals surface area contributed by atoms with E-state index in [1.54, 1.807) is 9.58 Å². The molecule has 1 saturated heterocycles. The van der Waals surface area contributed by atoms with Gasteiger partial charge in [0.2, 0.25) is 0 Å². The Morgan fingerprint density at radius 1 is 1.55 bits per heavy atom. The lowest BCUT2D eigenvalue weighted by atomic mass is 10.2. The molecule has 1 atom stereocenters. The molecule has 1 aliphatic rings. The van der Waals surface area contributed by atoms with Crippen molar-refractivity contribution in [3.63, 3.8) is 0 Å². The number of carbonyl (C=O) groups excluding carboxylic acids is 1. The topological polar surface area (TPSA) is 81.5 Å². The number of aromatic nitrogens is 3. The van der Waals surface area contributed by atoms with Gasteiger partial charge < -0.3 is 14.8 Å². The van der Waals surface area contributed by atoms with E-state index < -0.39 is 5.60 Å². The Hall–Kier alpha value is -1.67. The van der Waals surface area contributed by atoms with Gasteiger partial charge in [0.1, 0.15) is 5.60 Å². The van der Waals surface area contributed by atoms with Crippen molar-refractivity contribution in [2.45, 2.75) is 39.0 Å². The molecule has 0 bridgehead atoms. The molecular weight excluding hydrogens is 286 g/mol. The van der Waals surface area contributed by atoms with Gasteiger partial charge in [-0.3, -0.25) is 9.58 Å². The lowest BCUT2D eigenvalue weighted by Gasteiger charge is -2.36. The van der Waals surface area contributed by atoms with Crippen molar-refractivity contribution >= 4 is 6.09 Å². The van der Waals surface area contributed by atoms with Crippen LogP contribution in [0.25, 0.3) is 0 Å². The van der Waals surface area contributed by atoms with Gasteiger partial charge in [0.05, 0.1) is 24.9 Å². The monoisotopic (exact) mass is 311 g/mol. The van der Waals surface area contributed by atoms with Crippen LogP contribution in [0.5, 0.6) is 0 Å². The summed E-state index contributed by atoms with van der Waals surface area (Å²) in [6.45, 7) is 8.42. The van der Waals surface area contributed by atoms with E-state index in [0.717, 1.165) is 5.69 Å². The first-order valence-electron chi connectivity index (χ1n) is 7.48. The molecule has 8 nitrogen and oxygen atoms in total. The number of aryl methyl sites for hydroxylation is 1. The molecule has 22 heavy (non-hydrogen) atoms. The highest BCUT2D eigenvalue weighted by Gasteiger charge is 2.30. The fourth-order valence-electron chi connectivity index (χ4n) is 2.23. The average Bonchev–Trinajstić information content (AvgIpc) is 2.83. The molecule has 2 rings (SSSR count). The molecule has 1 fully saturated rings. The predicted octanol–water partition coefficient (Wildman–Crippen LogP) is 0.541. The second-order valence-electron chi connectivity index (χ2n) is 6.42. The molecule has 1 N–H and O–H groups in total. The largest absolute Gasteiger partial charge is 0.444 e. The van der Waals surface area contributed by atoms with Crippen LogP contribution < -0.4 is 5.32 Å². The highest BCUT2D eigenvalue weighted by atomic mass is 16.6. The maximum Gasteiger partial charge on any atom is 0.410 e. The van der Waals surface area contributed by atoms with Crippen LogP contribution in [0.4, 0.5) is 4.79 Å². The third-order valence-electron chi connectivity index (χ3n) is 3.19. The Labute approximate surface area is 130 Å². The molecule has 2 heterocycles. The number of nitrogens with one attached hydrogen (secondary N) is 1. The molecule has 124 valence electrons. The smallest absolute Gasteiger partial charge is 0.410 e. The number of carbonyl (C=O) groups is 1. The van der Waals surface area contributed by atoms with E-state index in [2.05, 4.69) is 15.6 Å². The number of hydrogen-bond donors (Lipinski definition) is 1. The van der Waals surface area contributed by atoms with Gasteiger partial charge in [-0.15, -0.1) is 5.10 Å². The summed E-state index contributed by atoms with van der Waals surface area (Å²) in [6, 6.07) is -0.0414. The summed E-state index contributed by atoms with van der Waals surface area (Å²) in [5.74, 6) is 0. The maximum atomic E-state index is 12.3. The normalized spacial score (nSPS) is 19.3. The van der Waals surface area contributed by atoms with Crippen LogP contribution in [0, 0.1) is 0 Å². The van der Waals surface area contributed by atoms with Gasteiger partial charge >= 0.3 is 6.09 Å². The van der Waals surface area contributed by atoms with Gasteiger partial charge in [0.25, 0.3) is 0 Å². The minimum absolute atomic E-state index is 0.0414. The fourth-order valence-corrected chi connectivity index (χ4v) is 2.23. The predicted molar refractivity (Wildman–Crippen MR) is 80.3 cm³/mol. The molecule has 0 aliphatic carbocycles. The highest BCUT2D eigenvalue weighted by Crippen LogP contribution is 2.14. The zero-order valence-electron chi connectivity index (χ0n) is 13.7. The summed E-state index contributed by atoms with van der Waals surface area (Å²) >= 11 is 0. The number of ether oxygens (including phenoxy) is 2. The lowest BCUT2D eigenvalue weighted by molar-refractivity contribution is -0.0317. The summed E-state index contributed by atoms with van der Waals surface area (Å²) in [5.41, 5.74) is 0.371. The van der Waals surface area contributed by atoms with Crippen LogP contribution in [0.2, 0.25) is 0 Å². The molecule has 0 spiro atoms. The molecule has 0 aromatic carbocycles. The second-order valence-corrected chi connectivity index (χ2v) is 6.42. The molecule has 1 aromatic heterocycles. The number of nitrogens with zero attached hydrogens (tertiary/aromatic N) is 4. The SMILES string of the molecule is Cn1cc(CNCC2COCCN2C(=O)OC(C)(C)C)nn1. The number of amides is 1. The zero-order valence-corrected chi connectivity index (χ0v) is 13.7. The molecular formula is C14H25N5O3. The first kappa shape index (κ1) is 16.7. The third kappa shape index (κ3) is 4.96. The van der Waals surface area contributed by atoms with Crippen LogP contribution in [-0.4, -0.2) is 63.9 Å². The average molecular weight is 311 g/mol. The van der Waals surface area contributed by atoms with Crippen molar-refractivity contribution in [1.82, 2.24) is 25.2 Å². The molecule has 1 aliphatic heterocycles. The van der Waals surface area contributed by atoms with Gasteiger partial charge in [-0.25, -0.2) is 4.79 Å². The molecule has 0 radical (unpaired) electrons. The van der Waals surface area contributed by atoms with E-state index in [-0.39, 0.29) is 12.1 Å². The van der Waals surface area contributed by atoms with Gasteiger partial charge in [0.15, 0.2) is 0 Å². The maximum absolute atomic E-state index is 12.3. The summed E-state index contributed by atoms with van der Waals surface area (Å²) < 4.78 is 12.6. The summed E-state index contributed by atoms with van der Waals surface area (Å²) in [4.78, 5) is 14.0. The van der Waals surface area contributed by atoms with Crippen LogP contribution in [-0.2, 0) is 23.1 Å². The Bertz CT molecular complexity index is 497. The molecule has 1 amide bonds. The minimum atomic E-state index is -0.493. The first-order valence-corrected chi connectivity index (χ1v) is 7.48. The van der Waals surface area contributed by atoms with Gasteiger partial charge in [-0.1, -0.05) is 5.21 Å². The van der Waals surface area contributed by atoms with Crippen molar-refractivity contribution in [1.29, 1.82) is 0 Å². The van der Waals surface area contributed by atoms with Gasteiger partial charge in [-0.05, 0) is 20.8 Å². The van der Waals surface area contributed by atoms with Gasteiger partial charge in [0, 0.05) is 32.9 Å². The Balaban J connectivity index is 1.85. The van der Waals surface area contributed by atoms with E-state index in [1.807, 2.05) is 34.0 Å². The molecule has 8 heteroatoms. The van der Waals surface area contributed by atoms with Gasteiger partial charge in [-0.2, -0.15) is 0 Å². The molecule has 1 aromatic rings. The van der Waals surface area contributed by atoms with Crippen LogP contribution in [0.3, 0.4) is 0 Å². The zero-order chi connectivity index (χ0) is 16.2. The quantitative estimate of drug-likeness (QED) is 0.874. The van der Waals surface area contributed by atoms with E-state index in [4.69, 9.17) is 9.47 Å².